The maximum atomic E-state index is 12.8. The van der Waals surface area contributed by atoms with Gasteiger partial charge in [0.1, 0.15) is 17.3 Å². The SMILES string of the molecule is C[C@H](Oc1ccc(F)cc1)C(=O)NNC(=O)/C=C/c1ccco1. The van der Waals surface area contributed by atoms with Crippen LogP contribution in [0.4, 0.5) is 4.39 Å². The van der Waals surface area contributed by atoms with Crippen LogP contribution in [-0.2, 0) is 9.59 Å². The lowest BCUT2D eigenvalue weighted by molar-refractivity contribution is -0.131. The van der Waals surface area contributed by atoms with E-state index in [0.717, 1.165) is 0 Å². The first-order valence-electron chi connectivity index (χ1n) is 6.78. The second kappa shape index (κ2) is 7.79. The Morgan fingerprint density at radius 2 is 1.96 bits per heavy atom. The molecule has 0 unspecified atom stereocenters. The fraction of sp³-hybridized carbons (Fsp3) is 0.125. The van der Waals surface area contributed by atoms with Gasteiger partial charge in [0.05, 0.1) is 6.26 Å². The molecule has 7 heteroatoms. The van der Waals surface area contributed by atoms with Gasteiger partial charge in [-0.2, -0.15) is 0 Å². The lowest BCUT2D eigenvalue weighted by atomic mass is 10.3. The molecule has 1 heterocycles. The fourth-order valence-corrected chi connectivity index (χ4v) is 1.58. The van der Waals surface area contributed by atoms with Crippen LogP contribution in [-0.4, -0.2) is 17.9 Å². The van der Waals surface area contributed by atoms with Gasteiger partial charge in [-0.3, -0.25) is 20.4 Å². The molecule has 2 amide bonds. The Morgan fingerprint density at radius 1 is 1.22 bits per heavy atom. The number of carbonyl (C=O) groups excluding carboxylic acids is 2. The van der Waals surface area contributed by atoms with Crippen LogP contribution >= 0.6 is 0 Å². The maximum Gasteiger partial charge on any atom is 0.279 e. The van der Waals surface area contributed by atoms with E-state index in [-0.39, 0.29) is 0 Å². The van der Waals surface area contributed by atoms with E-state index >= 15 is 0 Å². The second-order valence-electron chi connectivity index (χ2n) is 4.54. The largest absolute Gasteiger partial charge is 0.481 e. The summed E-state index contributed by atoms with van der Waals surface area (Å²) in [7, 11) is 0. The van der Waals surface area contributed by atoms with Crippen molar-refractivity contribution >= 4 is 17.9 Å². The number of furan rings is 1. The number of halogens is 1. The normalized spacial score (nSPS) is 11.9. The van der Waals surface area contributed by atoms with Gasteiger partial charge in [-0.1, -0.05) is 0 Å². The van der Waals surface area contributed by atoms with Crippen molar-refractivity contribution in [3.8, 4) is 5.75 Å². The van der Waals surface area contributed by atoms with Crippen molar-refractivity contribution in [3.63, 3.8) is 0 Å². The van der Waals surface area contributed by atoms with Crippen molar-refractivity contribution in [3.05, 3.63) is 60.3 Å². The molecule has 1 aromatic heterocycles. The van der Waals surface area contributed by atoms with E-state index in [1.54, 1.807) is 12.1 Å². The molecule has 0 fully saturated rings. The van der Waals surface area contributed by atoms with E-state index in [1.165, 1.54) is 49.6 Å². The summed E-state index contributed by atoms with van der Waals surface area (Å²) in [6.45, 7) is 1.50. The Bertz CT molecular complexity index is 681. The Kier molecular flexibility index (Phi) is 5.51. The third kappa shape index (κ3) is 5.31. The molecule has 1 aromatic carbocycles. The van der Waals surface area contributed by atoms with E-state index < -0.39 is 23.7 Å². The smallest absolute Gasteiger partial charge is 0.279 e. The standard InChI is InChI=1S/C16H15FN2O4/c1-11(23-14-6-4-12(17)5-7-14)16(21)19-18-15(20)9-8-13-3-2-10-22-13/h2-11H,1H3,(H,18,20)(H,19,21)/b9-8+/t11-/m0/s1. The van der Waals surface area contributed by atoms with Crippen LogP contribution in [0, 0.1) is 5.82 Å². The van der Waals surface area contributed by atoms with Crippen molar-refractivity contribution in [1.82, 2.24) is 10.9 Å². The number of hydrogen-bond acceptors (Lipinski definition) is 4. The number of hydrazine groups is 1. The van der Waals surface area contributed by atoms with E-state index in [1.807, 2.05) is 0 Å². The first-order chi connectivity index (χ1) is 11.0. The highest BCUT2D eigenvalue weighted by atomic mass is 19.1. The summed E-state index contributed by atoms with van der Waals surface area (Å²) in [6, 6.07) is 8.63. The van der Waals surface area contributed by atoms with Crippen LogP contribution in [0.2, 0.25) is 0 Å². The van der Waals surface area contributed by atoms with Gasteiger partial charge in [-0.05, 0) is 49.4 Å². The van der Waals surface area contributed by atoms with Gasteiger partial charge in [-0.15, -0.1) is 0 Å². The molecule has 0 saturated carbocycles. The summed E-state index contributed by atoms with van der Waals surface area (Å²) >= 11 is 0. The molecule has 2 rings (SSSR count). The number of benzene rings is 1. The van der Waals surface area contributed by atoms with Crippen LogP contribution in [0.5, 0.6) is 5.75 Å². The molecule has 0 spiro atoms. The van der Waals surface area contributed by atoms with Crippen molar-refractivity contribution in [2.45, 2.75) is 13.0 Å². The summed E-state index contributed by atoms with van der Waals surface area (Å²) < 4.78 is 23.1. The maximum absolute atomic E-state index is 12.8. The van der Waals surface area contributed by atoms with Gasteiger partial charge in [0.25, 0.3) is 11.8 Å². The minimum absolute atomic E-state index is 0.345. The predicted octanol–water partition coefficient (Wildman–Crippen LogP) is 2.05. The number of ether oxygens (including phenoxy) is 1. The van der Waals surface area contributed by atoms with Crippen LogP contribution < -0.4 is 15.6 Å². The zero-order valence-electron chi connectivity index (χ0n) is 12.3. The topological polar surface area (TPSA) is 80.6 Å². The zero-order valence-corrected chi connectivity index (χ0v) is 12.3. The first-order valence-corrected chi connectivity index (χ1v) is 6.78. The Labute approximate surface area is 131 Å². The van der Waals surface area contributed by atoms with Crippen LogP contribution in [0.15, 0.2) is 53.2 Å². The van der Waals surface area contributed by atoms with Gasteiger partial charge in [-0.25, -0.2) is 4.39 Å². The van der Waals surface area contributed by atoms with Gasteiger partial charge in [0, 0.05) is 6.08 Å². The predicted molar refractivity (Wildman–Crippen MR) is 80.5 cm³/mol. The van der Waals surface area contributed by atoms with Crippen LogP contribution in [0.25, 0.3) is 6.08 Å². The number of amides is 2. The molecule has 0 saturated heterocycles. The third-order valence-electron chi connectivity index (χ3n) is 2.75. The van der Waals surface area contributed by atoms with Gasteiger partial charge in [0.2, 0.25) is 0 Å². The number of carbonyl (C=O) groups is 2. The van der Waals surface area contributed by atoms with Gasteiger partial charge >= 0.3 is 0 Å². The fourth-order valence-electron chi connectivity index (χ4n) is 1.58. The molecule has 2 N–H and O–H groups in total. The highest BCUT2D eigenvalue weighted by molar-refractivity contribution is 5.93. The molecule has 2 aromatic rings. The molecular weight excluding hydrogens is 303 g/mol. The van der Waals surface area contributed by atoms with Gasteiger partial charge in [0.15, 0.2) is 6.10 Å². The highest BCUT2D eigenvalue weighted by Crippen LogP contribution is 2.12. The molecule has 0 radical (unpaired) electrons. The van der Waals surface area contributed by atoms with E-state index in [0.29, 0.717) is 11.5 Å². The summed E-state index contributed by atoms with van der Waals surface area (Å²) in [6.07, 6.45) is 3.29. The summed E-state index contributed by atoms with van der Waals surface area (Å²) in [5, 5.41) is 0. The Hall–Kier alpha value is -3.09. The lowest BCUT2D eigenvalue weighted by Gasteiger charge is -2.14. The summed E-state index contributed by atoms with van der Waals surface area (Å²) in [4.78, 5) is 23.3. The minimum atomic E-state index is -0.866. The molecular formula is C16H15FN2O4. The number of hydrogen-bond donors (Lipinski definition) is 2. The average Bonchev–Trinajstić information content (AvgIpc) is 3.06. The monoisotopic (exact) mass is 318 g/mol. The third-order valence-corrected chi connectivity index (χ3v) is 2.75. The van der Waals surface area contributed by atoms with Crippen molar-refractivity contribution in [2.24, 2.45) is 0 Å². The zero-order chi connectivity index (χ0) is 16.7. The minimum Gasteiger partial charge on any atom is -0.481 e. The molecule has 0 aliphatic rings. The van der Waals surface area contributed by atoms with Crippen molar-refractivity contribution in [1.29, 1.82) is 0 Å². The number of rotatable bonds is 5. The van der Waals surface area contributed by atoms with Crippen LogP contribution in [0.1, 0.15) is 12.7 Å². The highest BCUT2D eigenvalue weighted by Gasteiger charge is 2.14. The van der Waals surface area contributed by atoms with E-state index in [2.05, 4.69) is 10.9 Å². The van der Waals surface area contributed by atoms with E-state index in [4.69, 9.17) is 9.15 Å². The molecule has 23 heavy (non-hydrogen) atoms. The van der Waals surface area contributed by atoms with Gasteiger partial charge < -0.3 is 9.15 Å². The molecule has 120 valence electrons. The van der Waals surface area contributed by atoms with Crippen LogP contribution in [0.3, 0.4) is 0 Å². The Morgan fingerprint density at radius 3 is 2.61 bits per heavy atom. The average molecular weight is 318 g/mol. The lowest BCUT2D eigenvalue weighted by Crippen LogP contribution is -2.46. The molecule has 0 aliphatic carbocycles. The van der Waals surface area contributed by atoms with Crippen molar-refractivity contribution < 1.29 is 23.1 Å². The first kappa shape index (κ1) is 16.3. The molecule has 0 aliphatic heterocycles. The quantitative estimate of drug-likeness (QED) is 0.653. The molecule has 0 bridgehead atoms. The number of nitrogens with one attached hydrogen (secondary N) is 2. The molecule has 6 nitrogen and oxygen atoms in total. The summed E-state index contributed by atoms with van der Waals surface area (Å²) in [5.74, 6) is -0.611. The van der Waals surface area contributed by atoms with Crippen molar-refractivity contribution in [2.75, 3.05) is 0 Å². The molecule has 1 atom stereocenters. The second-order valence-corrected chi connectivity index (χ2v) is 4.54. The van der Waals surface area contributed by atoms with E-state index in [9.17, 15) is 14.0 Å². The Balaban J connectivity index is 1.77. The summed E-state index contributed by atoms with van der Waals surface area (Å²) in [5.41, 5.74) is 4.44.